The van der Waals surface area contributed by atoms with Gasteiger partial charge in [0.15, 0.2) is 15.7 Å². The number of benzene rings is 1. The SMILES string of the molecule is Cc1cnc(Nc2ccc(S(C)(=O)=O)cc2)c(N)c1. The molecule has 0 aliphatic carbocycles. The summed E-state index contributed by atoms with van der Waals surface area (Å²) < 4.78 is 22.7. The predicted molar refractivity (Wildman–Crippen MR) is 76.2 cm³/mol. The number of aromatic nitrogens is 1. The van der Waals surface area contributed by atoms with E-state index in [1.54, 1.807) is 30.5 Å². The minimum absolute atomic E-state index is 0.280. The van der Waals surface area contributed by atoms with Crippen LogP contribution in [0.15, 0.2) is 41.4 Å². The van der Waals surface area contributed by atoms with Gasteiger partial charge in [-0.1, -0.05) is 0 Å². The van der Waals surface area contributed by atoms with Crippen molar-refractivity contribution in [3.63, 3.8) is 0 Å². The average Bonchev–Trinajstić information content (AvgIpc) is 2.32. The van der Waals surface area contributed by atoms with Gasteiger partial charge in [0.25, 0.3) is 0 Å². The Morgan fingerprint density at radius 2 is 1.84 bits per heavy atom. The summed E-state index contributed by atoms with van der Waals surface area (Å²) >= 11 is 0. The number of sulfone groups is 1. The van der Waals surface area contributed by atoms with Crippen LogP contribution in [0, 0.1) is 6.92 Å². The molecule has 0 amide bonds. The maximum Gasteiger partial charge on any atom is 0.175 e. The Morgan fingerprint density at radius 3 is 2.37 bits per heavy atom. The lowest BCUT2D eigenvalue weighted by Gasteiger charge is -2.09. The first-order chi connectivity index (χ1) is 8.86. The van der Waals surface area contributed by atoms with Crippen molar-refractivity contribution < 1.29 is 8.42 Å². The average molecular weight is 277 g/mol. The zero-order valence-electron chi connectivity index (χ0n) is 10.7. The first kappa shape index (κ1) is 13.4. The Kier molecular flexibility index (Phi) is 3.44. The summed E-state index contributed by atoms with van der Waals surface area (Å²) in [7, 11) is -3.17. The molecule has 0 saturated carbocycles. The Hall–Kier alpha value is -2.08. The molecule has 0 fully saturated rings. The molecule has 3 N–H and O–H groups in total. The molecular weight excluding hydrogens is 262 g/mol. The van der Waals surface area contributed by atoms with E-state index in [1.807, 2.05) is 13.0 Å². The first-order valence-corrected chi connectivity index (χ1v) is 7.54. The molecule has 0 aliphatic heterocycles. The maximum absolute atomic E-state index is 11.3. The molecule has 1 heterocycles. The molecule has 2 aromatic rings. The second-order valence-electron chi connectivity index (χ2n) is 4.37. The maximum atomic E-state index is 11.3. The second kappa shape index (κ2) is 4.89. The van der Waals surface area contributed by atoms with Crippen molar-refractivity contribution in [3.8, 4) is 0 Å². The lowest BCUT2D eigenvalue weighted by atomic mass is 10.2. The third-order valence-corrected chi connectivity index (χ3v) is 3.73. The van der Waals surface area contributed by atoms with Gasteiger partial charge in [-0.3, -0.25) is 0 Å². The van der Waals surface area contributed by atoms with Gasteiger partial charge in [-0.15, -0.1) is 0 Å². The minimum atomic E-state index is -3.17. The minimum Gasteiger partial charge on any atom is -0.396 e. The number of nitrogens with one attached hydrogen (secondary N) is 1. The molecule has 0 saturated heterocycles. The highest BCUT2D eigenvalue weighted by Crippen LogP contribution is 2.22. The van der Waals surface area contributed by atoms with Crippen molar-refractivity contribution in [2.75, 3.05) is 17.3 Å². The van der Waals surface area contributed by atoms with Gasteiger partial charge in [-0.2, -0.15) is 0 Å². The summed E-state index contributed by atoms with van der Waals surface area (Å²) in [6.07, 6.45) is 2.89. The van der Waals surface area contributed by atoms with E-state index in [9.17, 15) is 8.42 Å². The predicted octanol–water partition coefficient (Wildman–Crippen LogP) is 2.12. The lowest BCUT2D eigenvalue weighted by molar-refractivity contribution is 0.602. The van der Waals surface area contributed by atoms with Crippen molar-refractivity contribution in [2.24, 2.45) is 0 Å². The molecule has 0 spiro atoms. The third-order valence-electron chi connectivity index (χ3n) is 2.60. The summed E-state index contributed by atoms with van der Waals surface area (Å²) in [4.78, 5) is 4.47. The molecule has 5 nitrogen and oxygen atoms in total. The van der Waals surface area contributed by atoms with Gasteiger partial charge in [0.05, 0.1) is 10.6 Å². The fraction of sp³-hybridized carbons (Fsp3) is 0.154. The normalized spacial score (nSPS) is 11.3. The molecule has 1 aromatic heterocycles. The molecule has 0 atom stereocenters. The van der Waals surface area contributed by atoms with E-state index in [2.05, 4.69) is 10.3 Å². The topological polar surface area (TPSA) is 85.1 Å². The Balaban J connectivity index is 2.25. The van der Waals surface area contributed by atoms with Gasteiger partial charge in [0, 0.05) is 18.1 Å². The quantitative estimate of drug-likeness (QED) is 0.897. The molecule has 6 heteroatoms. The van der Waals surface area contributed by atoms with E-state index in [0.29, 0.717) is 11.5 Å². The molecule has 19 heavy (non-hydrogen) atoms. The molecule has 0 radical (unpaired) electrons. The number of nitrogens with two attached hydrogens (primary N) is 1. The molecule has 0 aliphatic rings. The number of hydrogen-bond donors (Lipinski definition) is 2. The van der Waals surface area contributed by atoms with Crippen LogP contribution in [0.5, 0.6) is 0 Å². The standard InChI is InChI=1S/C13H15N3O2S/c1-9-7-12(14)13(15-8-9)16-10-3-5-11(6-4-10)19(2,17)18/h3-8H,14H2,1-2H3,(H,15,16). The molecule has 0 unspecified atom stereocenters. The van der Waals surface area contributed by atoms with Crippen molar-refractivity contribution in [2.45, 2.75) is 11.8 Å². The Morgan fingerprint density at radius 1 is 1.21 bits per heavy atom. The highest BCUT2D eigenvalue weighted by Gasteiger charge is 2.07. The van der Waals surface area contributed by atoms with Crippen molar-refractivity contribution >= 4 is 27.0 Å². The lowest BCUT2D eigenvalue weighted by Crippen LogP contribution is -2.00. The van der Waals surface area contributed by atoms with Gasteiger partial charge in [-0.25, -0.2) is 13.4 Å². The fourth-order valence-corrected chi connectivity index (χ4v) is 2.25. The summed E-state index contributed by atoms with van der Waals surface area (Å²) in [6, 6.07) is 8.26. The molecule has 100 valence electrons. The Labute approximate surface area is 112 Å². The highest BCUT2D eigenvalue weighted by molar-refractivity contribution is 7.90. The van der Waals surface area contributed by atoms with Crippen LogP contribution in [0.2, 0.25) is 0 Å². The molecular formula is C13H15N3O2S. The van der Waals surface area contributed by atoms with Gasteiger partial charge in [0.1, 0.15) is 0 Å². The van der Waals surface area contributed by atoms with Crippen LogP contribution in [0.1, 0.15) is 5.56 Å². The van der Waals surface area contributed by atoms with Crippen LogP contribution < -0.4 is 11.1 Å². The van der Waals surface area contributed by atoms with Gasteiger partial charge < -0.3 is 11.1 Å². The van der Waals surface area contributed by atoms with Crippen molar-refractivity contribution in [3.05, 3.63) is 42.1 Å². The number of hydrogen-bond acceptors (Lipinski definition) is 5. The smallest absolute Gasteiger partial charge is 0.175 e. The zero-order valence-corrected chi connectivity index (χ0v) is 11.5. The first-order valence-electron chi connectivity index (χ1n) is 5.65. The van der Waals surface area contributed by atoms with E-state index in [0.717, 1.165) is 11.3 Å². The van der Waals surface area contributed by atoms with Crippen LogP contribution in [0.3, 0.4) is 0 Å². The number of nitrogen functional groups attached to an aromatic ring is 1. The van der Waals surface area contributed by atoms with Crippen LogP contribution >= 0.6 is 0 Å². The summed E-state index contributed by atoms with van der Waals surface area (Å²) in [6.45, 7) is 1.91. The van der Waals surface area contributed by atoms with E-state index in [4.69, 9.17) is 5.73 Å². The summed E-state index contributed by atoms with van der Waals surface area (Å²) in [5, 5.41) is 3.05. The Bertz CT molecular complexity index is 694. The summed E-state index contributed by atoms with van der Waals surface area (Å²) in [5.41, 5.74) is 8.11. The molecule has 1 aromatic carbocycles. The fourth-order valence-electron chi connectivity index (χ4n) is 1.62. The van der Waals surface area contributed by atoms with E-state index in [-0.39, 0.29) is 4.90 Å². The molecule has 2 rings (SSSR count). The van der Waals surface area contributed by atoms with Gasteiger partial charge >= 0.3 is 0 Å². The van der Waals surface area contributed by atoms with Crippen LogP contribution in [0.25, 0.3) is 0 Å². The zero-order chi connectivity index (χ0) is 14.0. The van der Waals surface area contributed by atoms with Gasteiger partial charge in [-0.05, 0) is 42.8 Å². The van der Waals surface area contributed by atoms with Crippen LogP contribution in [0.4, 0.5) is 17.2 Å². The number of rotatable bonds is 3. The van der Waals surface area contributed by atoms with Crippen LogP contribution in [-0.4, -0.2) is 19.7 Å². The van der Waals surface area contributed by atoms with Crippen molar-refractivity contribution in [1.82, 2.24) is 4.98 Å². The third kappa shape index (κ3) is 3.23. The largest absolute Gasteiger partial charge is 0.396 e. The summed E-state index contributed by atoms with van der Waals surface area (Å²) in [5.74, 6) is 0.553. The van der Waals surface area contributed by atoms with Gasteiger partial charge in [0.2, 0.25) is 0 Å². The number of nitrogens with zero attached hydrogens (tertiary/aromatic N) is 1. The van der Waals surface area contributed by atoms with E-state index in [1.165, 1.54) is 6.26 Å². The monoisotopic (exact) mass is 277 g/mol. The van der Waals surface area contributed by atoms with E-state index >= 15 is 0 Å². The molecule has 0 bridgehead atoms. The second-order valence-corrected chi connectivity index (χ2v) is 6.39. The van der Waals surface area contributed by atoms with Crippen LogP contribution in [-0.2, 0) is 9.84 Å². The van der Waals surface area contributed by atoms with Crippen molar-refractivity contribution in [1.29, 1.82) is 0 Å². The number of pyridine rings is 1. The van der Waals surface area contributed by atoms with E-state index < -0.39 is 9.84 Å². The highest BCUT2D eigenvalue weighted by atomic mass is 32.2. The number of aryl methyl sites for hydroxylation is 1. The number of anilines is 3.